The van der Waals surface area contributed by atoms with E-state index in [0.29, 0.717) is 6.42 Å². The molecule has 0 aromatic rings. The van der Waals surface area contributed by atoms with Crippen molar-refractivity contribution in [2.75, 3.05) is 0 Å². The van der Waals surface area contributed by atoms with Crippen LogP contribution in [-0.2, 0) is 4.79 Å². The molecule has 0 radical (unpaired) electrons. The average Bonchev–Trinajstić information content (AvgIpc) is 2.29. The molecule has 1 rings (SSSR count). The normalized spacial score (nSPS) is 31.9. The maximum absolute atomic E-state index is 10.0. The highest BCUT2D eigenvalue weighted by Gasteiger charge is 2.62. The molecule has 0 heterocycles. The molecule has 0 unspecified atom stereocenters. The Morgan fingerprint density at radius 3 is 2.36 bits per heavy atom. The first kappa shape index (κ1) is 8.70. The largest absolute Gasteiger partial charge is 0.472 e. The van der Waals surface area contributed by atoms with E-state index in [1.54, 1.807) is 6.92 Å². The molecule has 0 aromatic heterocycles. The minimum Gasteiger partial charge on any atom is -0.472 e. The Kier molecular flexibility index (Phi) is 1.82. The molecule has 0 bridgehead atoms. The third-order valence-electron chi connectivity index (χ3n) is 1.70. The molecule has 0 aromatic carbocycles. The molecule has 1 aliphatic rings. The van der Waals surface area contributed by atoms with Crippen molar-refractivity contribution < 1.29 is 9.90 Å². The van der Waals surface area contributed by atoms with E-state index >= 15 is 0 Å². The molecule has 1 saturated carbocycles. The first-order chi connectivity index (χ1) is 4.87. The van der Waals surface area contributed by atoms with Crippen LogP contribution in [0.3, 0.4) is 0 Å². The molecule has 4 heteroatoms. The van der Waals surface area contributed by atoms with E-state index in [-0.39, 0.29) is 0 Å². The van der Waals surface area contributed by atoms with Crippen molar-refractivity contribution in [3.8, 4) is 11.8 Å². The molecule has 2 nitrogen and oxygen atoms in total. The Balaban J connectivity index is 2.69. The van der Waals surface area contributed by atoms with Gasteiger partial charge in [0, 0.05) is 12.3 Å². The van der Waals surface area contributed by atoms with Crippen molar-refractivity contribution in [1.82, 2.24) is 0 Å². The lowest BCUT2D eigenvalue weighted by atomic mass is 10.1. The van der Waals surface area contributed by atoms with Gasteiger partial charge in [-0.25, -0.2) is 4.79 Å². The minimum absolute atomic E-state index is 0.531. The summed E-state index contributed by atoms with van der Waals surface area (Å²) in [7, 11) is 0. The van der Waals surface area contributed by atoms with Gasteiger partial charge < -0.3 is 5.11 Å². The zero-order valence-electron chi connectivity index (χ0n) is 5.82. The van der Waals surface area contributed by atoms with Gasteiger partial charge in [-0.05, 0) is 6.92 Å². The molecule has 1 aliphatic carbocycles. The summed E-state index contributed by atoms with van der Waals surface area (Å²) in [6, 6.07) is 0. The molecule has 0 amide bonds. The zero-order valence-corrected chi connectivity index (χ0v) is 7.33. The molecule has 11 heavy (non-hydrogen) atoms. The van der Waals surface area contributed by atoms with Gasteiger partial charge in [0.25, 0.3) is 0 Å². The summed E-state index contributed by atoms with van der Waals surface area (Å²) < 4.78 is -0.852. The van der Waals surface area contributed by atoms with Crippen LogP contribution in [0.1, 0.15) is 13.3 Å². The summed E-state index contributed by atoms with van der Waals surface area (Å²) >= 11 is 11.4. The number of halogens is 2. The molecule has 1 N–H and O–H groups in total. The lowest BCUT2D eigenvalue weighted by Gasteiger charge is -1.99. The standard InChI is InChI=1S/C7H6Cl2O2/c1-6(3-2-5(10)11)4-7(6,8)9/h4H2,1H3,(H,10,11)/t6-/m1/s1. The number of aliphatic carboxylic acids is 1. The van der Waals surface area contributed by atoms with Crippen molar-refractivity contribution in [1.29, 1.82) is 0 Å². The lowest BCUT2D eigenvalue weighted by molar-refractivity contribution is -0.130. The van der Waals surface area contributed by atoms with Gasteiger partial charge in [0.05, 0.1) is 5.41 Å². The van der Waals surface area contributed by atoms with Gasteiger partial charge in [-0.1, -0.05) is 29.1 Å². The molecule has 0 saturated heterocycles. The number of rotatable bonds is 0. The molecular formula is C7H6Cl2O2. The van der Waals surface area contributed by atoms with Crippen LogP contribution in [0, 0.1) is 17.3 Å². The predicted octanol–water partition coefficient (Wildman–Crippen LogP) is 1.66. The number of hydrogen-bond donors (Lipinski definition) is 1. The van der Waals surface area contributed by atoms with Crippen LogP contribution in [0.15, 0.2) is 0 Å². The lowest BCUT2D eigenvalue weighted by Crippen LogP contribution is -2.01. The van der Waals surface area contributed by atoms with E-state index in [9.17, 15) is 4.79 Å². The van der Waals surface area contributed by atoms with Crippen LogP contribution in [0.5, 0.6) is 0 Å². The number of carboxylic acids is 1. The molecule has 60 valence electrons. The summed E-state index contributed by atoms with van der Waals surface area (Å²) in [5, 5.41) is 8.22. The monoisotopic (exact) mass is 192 g/mol. The fraction of sp³-hybridized carbons (Fsp3) is 0.571. The first-order valence-electron chi connectivity index (χ1n) is 3.01. The SMILES string of the molecule is C[C@@]1(C#CC(=O)O)CC1(Cl)Cl. The van der Waals surface area contributed by atoms with Gasteiger partial charge in [-0.2, -0.15) is 0 Å². The fourth-order valence-corrected chi connectivity index (χ4v) is 1.36. The summed E-state index contributed by atoms with van der Waals surface area (Å²) in [6.07, 6.45) is 0.531. The Morgan fingerprint density at radius 1 is 1.64 bits per heavy atom. The molecule has 1 atom stereocenters. The van der Waals surface area contributed by atoms with Crippen molar-refractivity contribution in [2.24, 2.45) is 5.41 Å². The maximum atomic E-state index is 10.0. The van der Waals surface area contributed by atoms with Crippen LogP contribution in [0.2, 0.25) is 0 Å². The highest BCUT2D eigenvalue weighted by atomic mass is 35.5. The van der Waals surface area contributed by atoms with Crippen LogP contribution >= 0.6 is 23.2 Å². The van der Waals surface area contributed by atoms with E-state index < -0.39 is 15.7 Å². The number of carboxylic acid groups (broad SMARTS) is 1. The topological polar surface area (TPSA) is 37.3 Å². The Morgan fingerprint density at radius 2 is 2.09 bits per heavy atom. The smallest absolute Gasteiger partial charge is 0.381 e. The third-order valence-corrected chi connectivity index (χ3v) is 2.80. The Bertz CT molecular complexity index is 261. The van der Waals surface area contributed by atoms with Gasteiger partial charge in [-0.3, -0.25) is 0 Å². The molecule has 0 spiro atoms. The number of carbonyl (C=O) groups is 1. The third kappa shape index (κ3) is 1.61. The molecule has 0 aliphatic heterocycles. The quantitative estimate of drug-likeness (QED) is 0.469. The van der Waals surface area contributed by atoms with Crippen molar-refractivity contribution in [2.45, 2.75) is 17.7 Å². The highest BCUT2D eigenvalue weighted by Crippen LogP contribution is 2.63. The van der Waals surface area contributed by atoms with Gasteiger partial charge in [-0.15, -0.1) is 0 Å². The second-order valence-electron chi connectivity index (χ2n) is 2.77. The summed E-state index contributed by atoms with van der Waals surface area (Å²) in [5.74, 6) is 3.36. The first-order valence-corrected chi connectivity index (χ1v) is 3.77. The van der Waals surface area contributed by atoms with Gasteiger partial charge in [0.15, 0.2) is 0 Å². The zero-order chi connectivity index (χ0) is 8.70. The molecule has 1 fully saturated rings. The van der Waals surface area contributed by atoms with Crippen molar-refractivity contribution in [3.05, 3.63) is 0 Å². The number of alkyl halides is 2. The van der Waals surface area contributed by atoms with E-state index in [4.69, 9.17) is 28.3 Å². The second-order valence-corrected chi connectivity index (χ2v) is 4.25. The Hall–Kier alpha value is -0.390. The maximum Gasteiger partial charge on any atom is 0.381 e. The highest BCUT2D eigenvalue weighted by molar-refractivity contribution is 6.51. The summed E-state index contributed by atoms with van der Waals surface area (Å²) in [6.45, 7) is 1.74. The van der Waals surface area contributed by atoms with Gasteiger partial charge >= 0.3 is 5.97 Å². The number of hydrogen-bond acceptors (Lipinski definition) is 1. The van der Waals surface area contributed by atoms with Crippen LogP contribution < -0.4 is 0 Å². The van der Waals surface area contributed by atoms with Crippen molar-refractivity contribution in [3.63, 3.8) is 0 Å². The predicted molar refractivity (Wildman–Crippen MR) is 42.6 cm³/mol. The van der Waals surface area contributed by atoms with Gasteiger partial charge in [0.2, 0.25) is 0 Å². The van der Waals surface area contributed by atoms with Crippen LogP contribution in [0.4, 0.5) is 0 Å². The Labute approximate surface area is 74.5 Å². The fourth-order valence-electron chi connectivity index (χ4n) is 0.727. The molecular weight excluding hydrogens is 187 g/mol. The minimum atomic E-state index is -1.15. The van der Waals surface area contributed by atoms with Crippen LogP contribution in [0.25, 0.3) is 0 Å². The summed E-state index contributed by atoms with van der Waals surface area (Å²) in [4.78, 5) is 10.0. The average molecular weight is 193 g/mol. The second kappa shape index (κ2) is 2.30. The van der Waals surface area contributed by atoms with E-state index in [1.165, 1.54) is 0 Å². The van der Waals surface area contributed by atoms with Crippen molar-refractivity contribution >= 4 is 29.2 Å². The van der Waals surface area contributed by atoms with E-state index in [2.05, 4.69) is 5.92 Å². The summed E-state index contributed by atoms with van der Waals surface area (Å²) in [5.41, 5.74) is -0.533. The van der Waals surface area contributed by atoms with Crippen LogP contribution in [-0.4, -0.2) is 15.4 Å². The van der Waals surface area contributed by atoms with Gasteiger partial charge in [0.1, 0.15) is 4.33 Å². The van der Waals surface area contributed by atoms with E-state index in [1.807, 2.05) is 5.92 Å². The van der Waals surface area contributed by atoms with E-state index in [0.717, 1.165) is 0 Å².